The number of piperazine rings is 1. The summed E-state index contributed by atoms with van der Waals surface area (Å²) in [4.78, 5) is 24.3. The van der Waals surface area contributed by atoms with Crippen molar-refractivity contribution in [1.29, 1.82) is 0 Å². The van der Waals surface area contributed by atoms with Gasteiger partial charge in [0, 0.05) is 66.3 Å². The van der Waals surface area contributed by atoms with Crippen molar-refractivity contribution in [2.45, 2.75) is 13.8 Å². The van der Waals surface area contributed by atoms with Crippen molar-refractivity contribution in [2.75, 3.05) is 38.1 Å². The first kappa shape index (κ1) is 22.7. The Morgan fingerprint density at radius 1 is 0.943 bits per heavy atom. The van der Waals surface area contributed by atoms with Crippen LogP contribution in [-0.4, -0.2) is 54.0 Å². The number of carbonyl (C=O) groups excluding carboxylic acids is 1. The fourth-order valence-electron chi connectivity index (χ4n) is 4.55. The fourth-order valence-corrected chi connectivity index (χ4v) is 4.55. The summed E-state index contributed by atoms with van der Waals surface area (Å²) in [6, 6.07) is 14.5. The lowest BCUT2D eigenvalue weighted by molar-refractivity contribution is 0.0999. The molecule has 0 spiro atoms. The maximum absolute atomic E-state index is 11.6. The average Bonchev–Trinajstić information content (AvgIpc) is 3.27. The number of anilines is 1. The molecule has 0 saturated carbocycles. The molecular weight excluding hydrogens is 434 g/mol. The normalized spacial score (nSPS) is 14.1. The van der Waals surface area contributed by atoms with Gasteiger partial charge in [0.1, 0.15) is 5.65 Å². The number of aromatic nitrogens is 2. The standard InChI is InChI=1S/C29H29N5O/c1-19-20(2)26(28(30)35)11-8-21(19)4-5-23-17-31-29-27(23)16-24(18-32-29)22-6-9-25(10-7-22)34-14-12-33(3)13-15-34/h6-11,16-18H,12-15H2,1-3H3,(H2,30,35)(H,31,32). The number of fused-ring (bicyclic) bond motifs is 1. The van der Waals surface area contributed by atoms with Gasteiger partial charge in [-0.1, -0.05) is 24.0 Å². The highest BCUT2D eigenvalue weighted by Gasteiger charge is 2.14. The molecule has 2 aromatic carbocycles. The first-order valence-electron chi connectivity index (χ1n) is 11.8. The second-order valence-electron chi connectivity index (χ2n) is 9.18. The zero-order valence-corrected chi connectivity index (χ0v) is 20.4. The zero-order valence-electron chi connectivity index (χ0n) is 20.4. The Hall–Kier alpha value is -4.08. The molecule has 176 valence electrons. The quantitative estimate of drug-likeness (QED) is 0.449. The van der Waals surface area contributed by atoms with E-state index in [1.165, 1.54) is 5.69 Å². The van der Waals surface area contributed by atoms with Crippen LogP contribution in [-0.2, 0) is 0 Å². The summed E-state index contributed by atoms with van der Waals surface area (Å²) in [5.41, 5.74) is 13.9. The molecule has 35 heavy (non-hydrogen) atoms. The van der Waals surface area contributed by atoms with Crippen LogP contribution in [0.2, 0.25) is 0 Å². The van der Waals surface area contributed by atoms with Crippen LogP contribution in [0.25, 0.3) is 22.2 Å². The second-order valence-corrected chi connectivity index (χ2v) is 9.18. The second kappa shape index (κ2) is 9.28. The lowest BCUT2D eigenvalue weighted by atomic mass is 9.97. The highest BCUT2D eigenvalue weighted by atomic mass is 16.1. The van der Waals surface area contributed by atoms with E-state index < -0.39 is 5.91 Å². The molecule has 0 unspecified atom stereocenters. The molecule has 1 aliphatic rings. The highest BCUT2D eigenvalue weighted by molar-refractivity contribution is 5.95. The number of carbonyl (C=O) groups is 1. The minimum atomic E-state index is -0.420. The van der Waals surface area contributed by atoms with Crippen molar-refractivity contribution in [2.24, 2.45) is 5.73 Å². The Morgan fingerprint density at radius 3 is 2.37 bits per heavy atom. The van der Waals surface area contributed by atoms with Gasteiger partial charge in [-0.25, -0.2) is 4.98 Å². The number of nitrogens with one attached hydrogen (secondary N) is 1. The number of H-pyrrole nitrogens is 1. The van der Waals surface area contributed by atoms with E-state index in [9.17, 15) is 4.79 Å². The Bertz CT molecular complexity index is 1460. The van der Waals surface area contributed by atoms with Crippen LogP contribution >= 0.6 is 0 Å². The lowest BCUT2D eigenvalue weighted by Gasteiger charge is -2.34. The summed E-state index contributed by atoms with van der Waals surface area (Å²) in [7, 11) is 2.17. The molecule has 3 heterocycles. The molecular formula is C29H29N5O. The summed E-state index contributed by atoms with van der Waals surface area (Å²) in [5, 5.41) is 0.987. The molecule has 0 bridgehead atoms. The van der Waals surface area contributed by atoms with Crippen molar-refractivity contribution >= 4 is 22.6 Å². The average molecular weight is 464 g/mol. The predicted molar refractivity (Wildman–Crippen MR) is 142 cm³/mol. The number of hydrogen-bond donors (Lipinski definition) is 2. The number of benzene rings is 2. The van der Waals surface area contributed by atoms with Gasteiger partial charge in [-0.2, -0.15) is 0 Å². The number of primary amides is 1. The van der Waals surface area contributed by atoms with E-state index in [1.807, 2.05) is 32.3 Å². The molecule has 0 radical (unpaired) electrons. The van der Waals surface area contributed by atoms with Gasteiger partial charge in [-0.3, -0.25) is 4.79 Å². The predicted octanol–water partition coefficient (Wildman–Crippen LogP) is 4.10. The Morgan fingerprint density at radius 2 is 1.66 bits per heavy atom. The van der Waals surface area contributed by atoms with E-state index in [2.05, 4.69) is 69.0 Å². The number of aromatic amines is 1. The third-order valence-corrected chi connectivity index (χ3v) is 6.98. The third kappa shape index (κ3) is 4.51. The molecule has 1 saturated heterocycles. The number of rotatable bonds is 3. The fraction of sp³-hybridized carbons (Fsp3) is 0.241. The van der Waals surface area contributed by atoms with Gasteiger partial charge in [0.2, 0.25) is 5.91 Å². The van der Waals surface area contributed by atoms with Crippen molar-refractivity contribution < 1.29 is 4.79 Å². The smallest absolute Gasteiger partial charge is 0.248 e. The van der Waals surface area contributed by atoms with Crippen molar-refractivity contribution in [3.63, 3.8) is 0 Å². The van der Waals surface area contributed by atoms with Gasteiger partial charge in [0.25, 0.3) is 0 Å². The van der Waals surface area contributed by atoms with Crippen molar-refractivity contribution in [1.82, 2.24) is 14.9 Å². The van der Waals surface area contributed by atoms with Crippen LogP contribution in [0.1, 0.15) is 32.6 Å². The van der Waals surface area contributed by atoms with E-state index >= 15 is 0 Å². The molecule has 0 atom stereocenters. The van der Waals surface area contributed by atoms with Crippen molar-refractivity contribution in [3.8, 4) is 23.0 Å². The van der Waals surface area contributed by atoms with Crippen LogP contribution in [0.15, 0.2) is 54.9 Å². The number of likely N-dealkylation sites (N-methyl/N-ethyl adjacent to an activating group) is 1. The molecule has 0 aliphatic carbocycles. The van der Waals surface area contributed by atoms with E-state index in [-0.39, 0.29) is 0 Å². The summed E-state index contributed by atoms with van der Waals surface area (Å²) in [6.45, 7) is 8.16. The molecule has 3 N–H and O–H groups in total. The Kier molecular flexibility index (Phi) is 6.02. The summed E-state index contributed by atoms with van der Waals surface area (Å²) in [6.07, 6.45) is 3.79. The monoisotopic (exact) mass is 463 g/mol. The molecule has 2 aromatic heterocycles. The molecule has 1 aliphatic heterocycles. The number of nitrogens with two attached hydrogens (primary N) is 1. The van der Waals surface area contributed by atoms with E-state index in [1.54, 1.807) is 6.07 Å². The largest absolute Gasteiger partial charge is 0.369 e. The minimum Gasteiger partial charge on any atom is -0.369 e. The van der Waals surface area contributed by atoms with Crippen LogP contribution in [0, 0.1) is 25.7 Å². The van der Waals surface area contributed by atoms with Crippen LogP contribution in [0.3, 0.4) is 0 Å². The molecule has 5 rings (SSSR count). The van der Waals surface area contributed by atoms with Gasteiger partial charge in [0.15, 0.2) is 0 Å². The van der Waals surface area contributed by atoms with Gasteiger partial charge < -0.3 is 20.5 Å². The SMILES string of the molecule is Cc1c(C#Cc2c[nH]c3ncc(-c4ccc(N5CCN(C)CC5)cc4)cc23)ccc(C(N)=O)c1C. The molecule has 1 fully saturated rings. The molecule has 4 aromatic rings. The van der Waals surface area contributed by atoms with Gasteiger partial charge in [-0.05, 0) is 67.9 Å². The minimum absolute atomic E-state index is 0.420. The van der Waals surface area contributed by atoms with Gasteiger partial charge in [0.05, 0.1) is 5.56 Å². The summed E-state index contributed by atoms with van der Waals surface area (Å²) in [5.74, 6) is 6.13. The van der Waals surface area contributed by atoms with E-state index in [4.69, 9.17) is 5.73 Å². The van der Waals surface area contributed by atoms with Crippen LogP contribution in [0.5, 0.6) is 0 Å². The number of nitrogens with zero attached hydrogens (tertiary/aromatic N) is 3. The Balaban J connectivity index is 1.42. The molecule has 1 amide bonds. The lowest BCUT2D eigenvalue weighted by Crippen LogP contribution is -2.44. The van der Waals surface area contributed by atoms with Gasteiger partial charge in [-0.15, -0.1) is 0 Å². The molecule has 6 nitrogen and oxygen atoms in total. The third-order valence-electron chi connectivity index (χ3n) is 6.98. The maximum Gasteiger partial charge on any atom is 0.248 e. The zero-order chi connectivity index (χ0) is 24.5. The van der Waals surface area contributed by atoms with Gasteiger partial charge >= 0.3 is 0 Å². The number of pyridine rings is 1. The maximum atomic E-state index is 11.6. The van der Waals surface area contributed by atoms with E-state index in [0.717, 1.165) is 70.6 Å². The van der Waals surface area contributed by atoms with Crippen LogP contribution in [0.4, 0.5) is 5.69 Å². The van der Waals surface area contributed by atoms with E-state index in [0.29, 0.717) is 5.56 Å². The molecule has 6 heteroatoms. The highest BCUT2D eigenvalue weighted by Crippen LogP contribution is 2.27. The Labute approximate surface area is 205 Å². The summed E-state index contributed by atoms with van der Waals surface area (Å²) < 4.78 is 0. The van der Waals surface area contributed by atoms with Crippen molar-refractivity contribution in [3.05, 3.63) is 82.7 Å². The number of hydrogen-bond acceptors (Lipinski definition) is 4. The first-order valence-corrected chi connectivity index (χ1v) is 11.8. The number of amides is 1. The first-order chi connectivity index (χ1) is 16.9. The topological polar surface area (TPSA) is 78.2 Å². The van der Waals surface area contributed by atoms with Crippen LogP contribution < -0.4 is 10.6 Å². The summed E-state index contributed by atoms with van der Waals surface area (Å²) >= 11 is 0.